The quantitative estimate of drug-likeness (QED) is 0.254. The fraction of sp³-hybridized carbons (Fsp3) is 0.417. The van der Waals surface area contributed by atoms with Crippen LogP contribution in [-0.2, 0) is 0 Å². The van der Waals surface area contributed by atoms with Crippen LogP contribution in [0, 0.1) is 11.8 Å². The fourth-order valence-electron chi connectivity index (χ4n) is 6.06. The number of ether oxygens (including phenoxy) is 2. The Bertz CT molecular complexity index is 1350. The van der Waals surface area contributed by atoms with E-state index in [2.05, 4.69) is 65.0 Å². The lowest BCUT2D eigenvalue weighted by Crippen LogP contribution is -2.36. The second-order valence-electron chi connectivity index (χ2n) is 12.0. The third-order valence-corrected chi connectivity index (χ3v) is 8.31. The number of aromatic hydroxyl groups is 1. The maximum absolute atomic E-state index is 14.8. The molecule has 212 valence electrons. The van der Waals surface area contributed by atoms with E-state index >= 15 is 0 Å². The van der Waals surface area contributed by atoms with Gasteiger partial charge in [-0.1, -0.05) is 65.3 Å². The van der Waals surface area contributed by atoms with Crippen LogP contribution in [0.15, 0.2) is 77.4 Å². The molecule has 4 heteroatoms. The van der Waals surface area contributed by atoms with Crippen molar-refractivity contribution in [2.45, 2.75) is 78.7 Å². The van der Waals surface area contributed by atoms with E-state index in [-0.39, 0.29) is 34.8 Å². The van der Waals surface area contributed by atoms with Crippen molar-refractivity contribution in [3.05, 3.63) is 94.1 Å². The summed E-state index contributed by atoms with van der Waals surface area (Å²) in [5.74, 6) is 0.401. The van der Waals surface area contributed by atoms with Gasteiger partial charge in [-0.05, 0) is 96.8 Å². The van der Waals surface area contributed by atoms with Crippen LogP contribution < -0.4 is 9.47 Å². The molecule has 2 aromatic carbocycles. The average Bonchev–Trinajstić information content (AvgIpc) is 2.91. The number of carbonyl (C=O) groups is 1. The Morgan fingerprint density at radius 1 is 1.12 bits per heavy atom. The zero-order valence-corrected chi connectivity index (χ0v) is 25.1. The minimum absolute atomic E-state index is 0.00621. The van der Waals surface area contributed by atoms with Crippen molar-refractivity contribution in [2.75, 3.05) is 7.11 Å². The highest BCUT2D eigenvalue weighted by Crippen LogP contribution is 2.50. The van der Waals surface area contributed by atoms with Crippen molar-refractivity contribution in [3.8, 4) is 17.2 Å². The summed E-state index contributed by atoms with van der Waals surface area (Å²) in [7, 11) is 1.57. The molecule has 0 saturated heterocycles. The molecule has 4 nitrogen and oxygen atoms in total. The van der Waals surface area contributed by atoms with Crippen molar-refractivity contribution in [2.24, 2.45) is 11.8 Å². The molecular formula is C36H44O4. The Hall–Kier alpha value is -3.53. The van der Waals surface area contributed by atoms with Crippen molar-refractivity contribution >= 4 is 11.9 Å². The lowest BCUT2D eigenvalue weighted by atomic mass is 9.65. The third kappa shape index (κ3) is 6.27. The Morgan fingerprint density at radius 3 is 2.48 bits per heavy atom. The van der Waals surface area contributed by atoms with E-state index in [1.54, 1.807) is 13.2 Å². The molecule has 0 spiro atoms. The zero-order valence-electron chi connectivity index (χ0n) is 25.1. The number of carbonyl (C=O) groups excluding carboxylic acids is 1. The summed E-state index contributed by atoms with van der Waals surface area (Å²) in [5, 5.41) is 11.4. The maximum Gasteiger partial charge on any atom is 0.174 e. The minimum atomic E-state index is -0.616. The van der Waals surface area contributed by atoms with Gasteiger partial charge in [0.1, 0.15) is 28.4 Å². The van der Waals surface area contributed by atoms with E-state index in [0.29, 0.717) is 17.1 Å². The first-order valence-electron chi connectivity index (χ1n) is 14.4. The lowest BCUT2D eigenvalue weighted by Gasteiger charge is -2.38. The fourth-order valence-corrected chi connectivity index (χ4v) is 6.06. The topological polar surface area (TPSA) is 55.8 Å². The largest absolute Gasteiger partial charge is 0.507 e. The summed E-state index contributed by atoms with van der Waals surface area (Å²) in [6, 6.07) is 11.9. The molecule has 0 aromatic heterocycles. The van der Waals surface area contributed by atoms with E-state index in [1.165, 1.54) is 16.7 Å². The monoisotopic (exact) mass is 540 g/mol. The number of hydrogen-bond donors (Lipinski definition) is 1. The molecule has 0 radical (unpaired) electrons. The number of Topliss-reactive ketones (excluding diaryl/α,β-unsaturated/α-hetero) is 1. The Morgan fingerprint density at radius 2 is 1.82 bits per heavy atom. The predicted molar refractivity (Wildman–Crippen MR) is 164 cm³/mol. The van der Waals surface area contributed by atoms with Gasteiger partial charge in [0.05, 0.1) is 12.7 Å². The number of methoxy groups -OCH3 is 1. The van der Waals surface area contributed by atoms with Gasteiger partial charge in [0, 0.05) is 12.0 Å². The Balaban J connectivity index is 1.85. The van der Waals surface area contributed by atoms with Gasteiger partial charge in [-0.3, -0.25) is 4.79 Å². The number of benzene rings is 2. The van der Waals surface area contributed by atoms with Crippen LogP contribution in [0.2, 0.25) is 0 Å². The van der Waals surface area contributed by atoms with E-state index in [1.807, 2.05) is 37.3 Å². The second kappa shape index (κ2) is 12.3. The number of phenols is 1. The van der Waals surface area contributed by atoms with Crippen LogP contribution in [0.25, 0.3) is 6.08 Å². The van der Waals surface area contributed by atoms with Gasteiger partial charge >= 0.3 is 0 Å². The number of hydrogen-bond acceptors (Lipinski definition) is 4. The molecule has 4 atom stereocenters. The van der Waals surface area contributed by atoms with Crippen LogP contribution in [0.4, 0.5) is 0 Å². The van der Waals surface area contributed by atoms with Gasteiger partial charge in [0.15, 0.2) is 5.78 Å². The highest BCUT2D eigenvalue weighted by Gasteiger charge is 2.43. The number of fused-ring (bicyclic) bond motifs is 1. The molecule has 2 aromatic rings. The van der Waals surface area contributed by atoms with Crippen LogP contribution in [-0.4, -0.2) is 23.6 Å². The number of ketones is 1. The summed E-state index contributed by atoms with van der Waals surface area (Å²) in [4.78, 5) is 14.8. The van der Waals surface area contributed by atoms with Gasteiger partial charge in [-0.15, -0.1) is 0 Å². The van der Waals surface area contributed by atoms with Gasteiger partial charge in [0.25, 0.3) is 0 Å². The van der Waals surface area contributed by atoms with E-state index in [9.17, 15) is 9.90 Å². The molecule has 4 rings (SSSR count). The van der Waals surface area contributed by atoms with Gasteiger partial charge in [0.2, 0.25) is 0 Å². The molecule has 40 heavy (non-hydrogen) atoms. The van der Waals surface area contributed by atoms with Crippen LogP contribution in [0.5, 0.6) is 17.2 Å². The van der Waals surface area contributed by atoms with Crippen LogP contribution in [0.3, 0.4) is 0 Å². The normalized spacial score (nSPS) is 23.4. The highest BCUT2D eigenvalue weighted by molar-refractivity contribution is 6.05. The predicted octanol–water partition coefficient (Wildman–Crippen LogP) is 9.22. The third-order valence-electron chi connectivity index (χ3n) is 8.31. The first-order valence-corrected chi connectivity index (χ1v) is 14.4. The average molecular weight is 541 g/mol. The summed E-state index contributed by atoms with van der Waals surface area (Å²) in [6.45, 7) is 12.5. The van der Waals surface area contributed by atoms with Crippen molar-refractivity contribution in [1.82, 2.24) is 0 Å². The standard InChI is InChI=1S/C36H44O4/c1-23(2)12-11-20-36(6)21-19-29-31(39-7)22-30(37)33(35(29)40-36)34(38)32-27(17-15-24(3)4)25(5)16-18-28(32)26-13-9-8-10-14-26/h8-10,12-16,19,21-22,27-28,32,37H,11,17-18,20H2,1-7H3/t27-,28+,32-,36+/m1/s1. The molecule has 1 N–H and O–H groups in total. The SMILES string of the molecule is COc1cc(O)c(C(=O)[C@@H]2[C@H](CC=C(C)C)C(C)=CC[C@H]2c2ccccc2)c2c1C=C[C@](C)(CCC=C(C)C)O2. The molecule has 0 fully saturated rings. The molecule has 0 saturated carbocycles. The first-order chi connectivity index (χ1) is 19.0. The molecule has 0 unspecified atom stereocenters. The highest BCUT2D eigenvalue weighted by atomic mass is 16.5. The molecule has 1 heterocycles. The molecule has 0 bridgehead atoms. The number of rotatable bonds is 9. The number of allylic oxidation sites excluding steroid dienone is 6. The van der Waals surface area contributed by atoms with Gasteiger partial charge in [-0.25, -0.2) is 0 Å². The summed E-state index contributed by atoms with van der Waals surface area (Å²) < 4.78 is 12.3. The summed E-state index contributed by atoms with van der Waals surface area (Å²) >= 11 is 0. The summed E-state index contributed by atoms with van der Waals surface area (Å²) in [6.07, 6.45) is 13.9. The molecule has 1 aliphatic heterocycles. The Labute approximate surface area is 240 Å². The molecule has 2 aliphatic rings. The first kappa shape index (κ1) is 29.5. The van der Waals surface area contributed by atoms with E-state index < -0.39 is 5.60 Å². The van der Waals surface area contributed by atoms with E-state index in [4.69, 9.17) is 9.47 Å². The van der Waals surface area contributed by atoms with Gasteiger partial charge in [-0.2, -0.15) is 0 Å². The van der Waals surface area contributed by atoms with Crippen LogP contribution in [0.1, 0.15) is 94.6 Å². The molecular weight excluding hydrogens is 496 g/mol. The Kier molecular flexibility index (Phi) is 9.08. The second-order valence-corrected chi connectivity index (χ2v) is 12.0. The minimum Gasteiger partial charge on any atom is -0.507 e. The van der Waals surface area contributed by atoms with Crippen molar-refractivity contribution in [3.63, 3.8) is 0 Å². The van der Waals surface area contributed by atoms with Gasteiger partial charge < -0.3 is 14.6 Å². The molecule has 0 amide bonds. The van der Waals surface area contributed by atoms with Crippen LogP contribution >= 0.6 is 0 Å². The smallest absolute Gasteiger partial charge is 0.174 e. The lowest BCUT2D eigenvalue weighted by molar-refractivity contribution is 0.0826. The number of phenolic OH excluding ortho intramolecular Hbond substituents is 1. The van der Waals surface area contributed by atoms with Crippen molar-refractivity contribution < 1.29 is 19.4 Å². The summed E-state index contributed by atoms with van der Waals surface area (Å²) in [5.41, 5.74) is 5.19. The van der Waals surface area contributed by atoms with Crippen molar-refractivity contribution in [1.29, 1.82) is 0 Å². The molecule has 1 aliphatic carbocycles. The zero-order chi connectivity index (χ0) is 29.0. The maximum atomic E-state index is 14.8. The van der Waals surface area contributed by atoms with E-state index in [0.717, 1.165) is 31.2 Å².